The molecule has 0 spiro atoms. The largest absolute Gasteiger partial charge is 0.383 e. The lowest BCUT2D eigenvalue weighted by Gasteiger charge is -2.12. The molecule has 6 nitrogen and oxygen atoms in total. The average molecular weight is 287 g/mol. The molecule has 1 amide bonds. The molecule has 1 heterocycles. The summed E-state index contributed by atoms with van der Waals surface area (Å²) in [4.78, 5) is 23.9. The average Bonchev–Trinajstić information content (AvgIpc) is 2.48. The molecular weight excluding hydrogens is 270 g/mol. The van der Waals surface area contributed by atoms with Crippen LogP contribution in [0.1, 0.15) is 17.4 Å². The van der Waals surface area contributed by atoms with Crippen molar-refractivity contribution in [1.29, 1.82) is 0 Å². The number of hydrogen-bond donors (Lipinski definition) is 1. The molecule has 110 valence electrons. The van der Waals surface area contributed by atoms with E-state index in [-0.39, 0.29) is 23.2 Å². The fourth-order valence-electron chi connectivity index (χ4n) is 1.88. The quantitative estimate of drug-likeness (QED) is 0.890. The molecule has 0 fully saturated rings. The number of rotatable bonds is 5. The summed E-state index contributed by atoms with van der Waals surface area (Å²) in [6.07, 6.45) is 0. The van der Waals surface area contributed by atoms with Gasteiger partial charge in [0.2, 0.25) is 0 Å². The number of ether oxygens (including phenoxy) is 1. The molecule has 0 saturated carbocycles. The summed E-state index contributed by atoms with van der Waals surface area (Å²) in [7, 11) is 1.57. The number of para-hydroxylation sites is 1. The first kappa shape index (κ1) is 14.9. The lowest BCUT2D eigenvalue weighted by molar-refractivity contribution is 0.0899. The van der Waals surface area contributed by atoms with Gasteiger partial charge in [-0.1, -0.05) is 18.2 Å². The molecular formula is C15H17N3O3. The van der Waals surface area contributed by atoms with Crippen LogP contribution in [0.25, 0.3) is 5.69 Å². The molecule has 1 N–H and O–H groups in total. The van der Waals surface area contributed by atoms with E-state index < -0.39 is 0 Å². The van der Waals surface area contributed by atoms with Crippen LogP contribution in [0, 0.1) is 0 Å². The molecule has 0 aliphatic heterocycles. The van der Waals surface area contributed by atoms with Gasteiger partial charge in [-0.15, -0.1) is 0 Å². The van der Waals surface area contributed by atoms with E-state index in [1.807, 2.05) is 13.0 Å². The topological polar surface area (TPSA) is 73.2 Å². The lowest BCUT2D eigenvalue weighted by Crippen LogP contribution is -2.37. The minimum absolute atomic E-state index is 0.138. The molecule has 21 heavy (non-hydrogen) atoms. The number of nitrogens with one attached hydrogen (secondary N) is 1. The number of aromatic nitrogens is 2. The molecule has 0 bridgehead atoms. The maximum absolute atomic E-state index is 12.1. The van der Waals surface area contributed by atoms with E-state index in [1.165, 1.54) is 16.8 Å². The van der Waals surface area contributed by atoms with Gasteiger partial charge >= 0.3 is 0 Å². The first-order chi connectivity index (χ1) is 10.1. The van der Waals surface area contributed by atoms with Gasteiger partial charge in [-0.05, 0) is 25.1 Å². The van der Waals surface area contributed by atoms with Crippen molar-refractivity contribution in [2.24, 2.45) is 0 Å². The Hall–Kier alpha value is -2.47. The van der Waals surface area contributed by atoms with Crippen molar-refractivity contribution in [3.63, 3.8) is 0 Å². The number of carbonyl (C=O) groups is 1. The molecule has 0 aliphatic rings. The highest BCUT2D eigenvalue weighted by molar-refractivity contribution is 5.92. The third-order valence-corrected chi connectivity index (χ3v) is 2.83. The zero-order valence-electron chi connectivity index (χ0n) is 11.9. The summed E-state index contributed by atoms with van der Waals surface area (Å²) < 4.78 is 6.17. The molecule has 2 rings (SSSR count). The zero-order chi connectivity index (χ0) is 15.2. The summed E-state index contributed by atoms with van der Waals surface area (Å²) in [5, 5.41) is 6.86. The molecule has 0 saturated heterocycles. The summed E-state index contributed by atoms with van der Waals surface area (Å²) >= 11 is 0. The van der Waals surface area contributed by atoms with Crippen LogP contribution in [0.15, 0.2) is 47.3 Å². The van der Waals surface area contributed by atoms with Crippen molar-refractivity contribution in [2.45, 2.75) is 13.0 Å². The maximum atomic E-state index is 12.1. The third-order valence-electron chi connectivity index (χ3n) is 2.83. The summed E-state index contributed by atoms with van der Waals surface area (Å²) in [5.41, 5.74) is 0.506. The number of benzene rings is 1. The standard InChI is InChI=1S/C15H17N3O3/c1-11(10-21-2)16-15(20)13-8-9-14(19)18(17-13)12-6-4-3-5-7-12/h3-9,11H,10H2,1-2H3,(H,16,20)/t11-/m0/s1. The monoisotopic (exact) mass is 287 g/mol. The van der Waals surface area contributed by atoms with E-state index in [2.05, 4.69) is 10.4 Å². The molecule has 1 aromatic heterocycles. The van der Waals surface area contributed by atoms with Crippen LogP contribution in [0.5, 0.6) is 0 Å². The highest BCUT2D eigenvalue weighted by Gasteiger charge is 2.13. The Morgan fingerprint density at radius 2 is 2.00 bits per heavy atom. The lowest BCUT2D eigenvalue weighted by atomic mass is 10.3. The smallest absolute Gasteiger partial charge is 0.272 e. The summed E-state index contributed by atoms with van der Waals surface area (Å²) in [5.74, 6) is -0.343. The van der Waals surface area contributed by atoms with E-state index in [1.54, 1.807) is 31.4 Å². The predicted octanol–water partition coefficient (Wildman–Crippen LogP) is 0.997. The van der Waals surface area contributed by atoms with Gasteiger partial charge < -0.3 is 10.1 Å². The number of carbonyl (C=O) groups excluding carboxylic acids is 1. The number of nitrogens with zero attached hydrogens (tertiary/aromatic N) is 2. The summed E-state index contributed by atoms with van der Waals surface area (Å²) in [6.45, 7) is 2.23. The van der Waals surface area contributed by atoms with E-state index in [4.69, 9.17) is 4.74 Å². The second kappa shape index (κ2) is 6.81. The van der Waals surface area contributed by atoms with Crippen molar-refractivity contribution in [1.82, 2.24) is 15.1 Å². The minimum Gasteiger partial charge on any atom is -0.383 e. The first-order valence-electron chi connectivity index (χ1n) is 6.57. The van der Waals surface area contributed by atoms with Crippen LogP contribution < -0.4 is 10.9 Å². The van der Waals surface area contributed by atoms with E-state index in [0.717, 1.165) is 0 Å². The van der Waals surface area contributed by atoms with Crippen LogP contribution in [0.2, 0.25) is 0 Å². The van der Waals surface area contributed by atoms with Gasteiger partial charge in [0.05, 0.1) is 12.3 Å². The number of hydrogen-bond acceptors (Lipinski definition) is 4. The van der Waals surface area contributed by atoms with Gasteiger partial charge in [-0.3, -0.25) is 9.59 Å². The molecule has 2 aromatic rings. The van der Waals surface area contributed by atoms with Crippen molar-refractivity contribution in [3.05, 3.63) is 58.5 Å². The van der Waals surface area contributed by atoms with Crippen molar-refractivity contribution in [2.75, 3.05) is 13.7 Å². The fraction of sp³-hybridized carbons (Fsp3) is 0.267. The predicted molar refractivity (Wildman–Crippen MR) is 78.6 cm³/mol. The highest BCUT2D eigenvalue weighted by atomic mass is 16.5. The Labute approximate surface area is 122 Å². The van der Waals surface area contributed by atoms with Crippen LogP contribution in [-0.2, 0) is 4.74 Å². The van der Waals surface area contributed by atoms with E-state index in [9.17, 15) is 9.59 Å². The van der Waals surface area contributed by atoms with Crippen LogP contribution in [-0.4, -0.2) is 35.4 Å². The molecule has 0 radical (unpaired) electrons. The second-order valence-electron chi connectivity index (χ2n) is 4.63. The highest BCUT2D eigenvalue weighted by Crippen LogP contribution is 2.03. The van der Waals surface area contributed by atoms with Gasteiger partial charge in [0.1, 0.15) is 5.69 Å². The Balaban J connectivity index is 2.27. The Kier molecular flexibility index (Phi) is 4.84. The molecule has 0 unspecified atom stereocenters. The molecule has 0 aliphatic carbocycles. The van der Waals surface area contributed by atoms with E-state index in [0.29, 0.717) is 12.3 Å². The van der Waals surface area contributed by atoms with Gasteiger partial charge in [0, 0.05) is 19.2 Å². The Bertz CT molecular complexity index is 667. The van der Waals surface area contributed by atoms with Gasteiger partial charge in [-0.2, -0.15) is 9.78 Å². The van der Waals surface area contributed by atoms with Gasteiger partial charge in [0.15, 0.2) is 0 Å². The molecule has 6 heteroatoms. The van der Waals surface area contributed by atoms with Crippen LogP contribution in [0.4, 0.5) is 0 Å². The van der Waals surface area contributed by atoms with Crippen molar-refractivity contribution < 1.29 is 9.53 Å². The SMILES string of the molecule is COC[C@H](C)NC(=O)c1ccc(=O)n(-c2ccccc2)n1. The third kappa shape index (κ3) is 3.76. The summed E-state index contributed by atoms with van der Waals surface area (Å²) in [6, 6.07) is 11.6. The zero-order valence-corrected chi connectivity index (χ0v) is 11.9. The number of methoxy groups -OCH3 is 1. The van der Waals surface area contributed by atoms with Crippen molar-refractivity contribution >= 4 is 5.91 Å². The Morgan fingerprint density at radius 1 is 1.29 bits per heavy atom. The van der Waals surface area contributed by atoms with Crippen LogP contribution >= 0.6 is 0 Å². The Morgan fingerprint density at radius 3 is 2.67 bits per heavy atom. The van der Waals surface area contributed by atoms with Crippen LogP contribution in [0.3, 0.4) is 0 Å². The number of amides is 1. The van der Waals surface area contributed by atoms with Gasteiger partial charge in [0.25, 0.3) is 11.5 Å². The molecule has 1 atom stereocenters. The van der Waals surface area contributed by atoms with E-state index >= 15 is 0 Å². The minimum atomic E-state index is -0.343. The van der Waals surface area contributed by atoms with Crippen molar-refractivity contribution in [3.8, 4) is 5.69 Å². The molecule has 1 aromatic carbocycles. The first-order valence-corrected chi connectivity index (χ1v) is 6.57. The second-order valence-corrected chi connectivity index (χ2v) is 4.63. The normalized spacial score (nSPS) is 11.9. The maximum Gasteiger partial charge on any atom is 0.272 e. The fourth-order valence-corrected chi connectivity index (χ4v) is 1.88. The van der Waals surface area contributed by atoms with Gasteiger partial charge in [-0.25, -0.2) is 0 Å².